The fraction of sp³-hybridized carbons (Fsp3) is 0.917. The van der Waals surface area contributed by atoms with Crippen molar-refractivity contribution in [1.29, 1.82) is 0 Å². The van der Waals surface area contributed by atoms with E-state index < -0.39 is 5.97 Å². The van der Waals surface area contributed by atoms with E-state index in [0.29, 0.717) is 12.5 Å². The number of rotatable bonds is 4. The third kappa shape index (κ3) is 3.20. The molecule has 0 aromatic rings. The minimum Gasteiger partial charge on any atom is -0.480 e. The van der Waals surface area contributed by atoms with E-state index in [1.54, 1.807) is 0 Å². The van der Waals surface area contributed by atoms with Crippen molar-refractivity contribution in [3.05, 3.63) is 0 Å². The van der Waals surface area contributed by atoms with Crippen LogP contribution in [-0.4, -0.2) is 35.1 Å². The molecule has 1 rings (SSSR count). The number of carbonyl (C=O) groups is 1. The Kier molecular flexibility index (Phi) is 4.58. The molecule has 15 heavy (non-hydrogen) atoms. The summed E-state index contributed by atoms with van der Waals surface area (Å²) in [6.45, 7) is 4.23. The van der Waals surface area contributed by atoms with Gasteiger partial charge >= 0.3 is 5.97 Å². The summed E-state index contributed by atoms with van der Waals surface area (Å²) < 4.78 is 0. The fourth-order valence-electron chi connectivity index (χ4n) is 2.54. The summed E-state index contributed by atoms with van der Waals surface area (Å²) in [5, 5.41) is 9.08. The van der Waals surface area contributed by atoms with Gasteiger partial charge in [-0.1, -0.05) is 13.8 Å². The van der Waals surface area contributed by atoms with Gasteiger partial charge in [0.2, 0.25) is 0 Å². The van der Waals surface area contributed by atoms with Gasteiger partial charge in [0.05, 0.1) is 0 Å². The molecule has 0 heterocycles. The van der Waals surface area contributed by atoms with E-state index in [2.05, 4.69) is 11.8 Å². The quantitative estimate of drug-likeness (QED) is 0.779. The van der Waals surface area contributed by atoms with Crippen LogP contribution >= 0.6 is 0 Å². The van der Waals surface area contributed by atoms with E-state index in [4.69, 9.17) is 5.11 Å². The van der Waals surface area contributed by atoms with Gasteiger partial charge in [-0.05, 0) is 45.1 Å². The van der Waals surface area contributed by atoms with Crippen LogP contribution in [0.1, 0.15) is 46.0 Å². The molecule has 1 aliphatic rings. The molecule has 0 aromatic carbocycles. The molecule has 3 nitrogen and oxygen atoms in total. The first-order valence-corrected chi connectivity index (χ1v) is 6.01. The van der Waals surface area contributed by atoms with Crippen LogP contribution in [-0.2, 0) is 4.79 Å². The monoisotopic (exact) mass is 213 g/mol. The maximum atomic E-state index is 11.0. The average molecular weight is 213 g/mol. The van der Waals surface area contributed by atoms with Crippen LogP contribution in [0.4, 0.5) is 0 Å². The molecule has 1 N–H and O–H groups in total. The third-order valence-corrected chi connectivity index (χ3v) is 3.72. The van der Waals surface area contributed by atoms with E-state index in [9.17, 15) is 4.79 Å². The van der Waals surface area contributed by atoms with Crippen molar-refractivity contribution >= 4 is 5.97 Å². The molecule has 0 radical (unpaired) electrons. The Labute approximate surface area is 92.5 Å². The molecule has 0 amide bonds. The summed E-state index contributed by atoms with van der Waals surface area (Å²) >= 11 is 0. The van der Waals surface area contributed by atoms with E-state index >= 15 is 0 Å². The number of carboxylic acids is 1. The van der Waals surface area contributed by atoms with Crippen LogP contribution in [0.2, 0.25) is 0 Å². The molecular weight excluding hydrogens is 190 g/mol. The van der Waals surface area contributed by atoms with Crippen molar-refractivity contribution in [2.75, 3.05) is 7.05 Å². The van der Waals surface area contributed by atoms with Crippen molar-refractivity contribution in [1.82, 2.24) is 4.90 Å². The van der Waals surface area contributed by atoms with Crippen molar-refractivity contribution in [3.63, 3.8) is 0 Å². The van der Waals surface area contributed by atoms with Gasteiger partial charge in [-0.15, -0.1) is 0 Å². The first-order valence-electron chi connectivity index (χ1n) is 6.01. The van der Waals surface area contributed by atoms with E-state index in [-0.39, 0.29) is 6.04 Å². The van der Waals surface area contributed by atoms with E-state index in [1.807, 2.05) is 14.0 Å². The zero-order valence-electron chi connectivity index (χ0n) is 10.1. The molecule has 1 atom stereocenters. The molecule has 3 heteroatoms. The second-order valence-corrected chi connectivity index (χ2v) is 4.84. The molecule has 0 bridgehead atoms. The molecular formula is C12H23NO2. The molecule has 88 valence electrons. The summed E-state index contributed by atoms with van der Waals surface area (Å²) in [5.74, 6) is 0.137. The van der Waals surface area contributed by atoms with E-state index in [1.165, 1.54) is 12.8 Å². The Hall–Kier alpha value is -0.570. The lowest BCUT2D eigenvalue weighted by molar-refractivity contribution is -0.144. The second kappa shape index (κ2) is 5.50. The maximum Gasteiger partial charge on any atom is 0.320 e. The number of hydrogen-bond acceptors (Lipinski definition) is 2. The molecule has 1 saturated carbocycles. The fourth-order valence-corrected chi connectivity index (χ4v) is 2.54. The summed E-state index contributed by atoms with van der Waals surface area (Å²) in [6, 6.07) is 0.172. The van der Waals surface area contributed by atoms with Gasteiger partial charge in [0.25, 0.3) is 0 Å². The Morgan fingerprint density at radius 1 is 1.40 bits per heavy atom. The molecule has 0 saturated heterocycles. The number of likely N-dealkylation sites (N-methyl/N-ethyl adjacent to an activating group) is 1. The number of hydrogen-bond donors (Lipinski definition) is 1. The van der Waals surface area contributed by atoms with Gasteiger partial charge in [0, 0.05) is 6.04 Å². The largest absolute Gasteiger partial charge is 0.480 e. The van der Waals surface area contributed by atoms with E-state index in [0.717, 1.165) is 18.8 Å². The van der Waals surface area contributed by atoms with Gasteiger partial charge in [0.1, 0.15) is 6.04 Å². The van der Waals surface area contributed by atoms with Crippen LogP contribution in [0, 0.1) is 5.92 Å². The van der Waals surface area contributed by atoms with Crippen LogP contribution < -0.4 is 0 Å². The predicted molar refractivity (Wildman–Crippen MR) is 60.9 cm³/mol. The first kappa shape index (κ1) is 12.5. The van der Waals surface area contributed by atoms with Crippen LogP contribution in [0.25, 0.3) is 0 Å². The van der Waals surface area contributed by atoms with Crippen LogP contribution in [0.15, 0.2) is 0 Å². The Morgan fingerprint density at radius 3 is 2.33 bits per heavy atom. The lowest BCUT2D eigenvalue weighted by Gasteiger charge is -2.36. The van der Waals surface area contributed by atoms with Gasteiger partial charge in [-0.2, -0.15) is 0 Å². The Morgan fingerprint density at radius 2 is 1.93 bits per heavy atom. The second-order valence-electron chi connectivity index (χ2n) is 4.84. The van der Waals surface area contributed by atoms with Crippen LogP contribution in [0.5, 0.6) is 0 Å². The molecule has 1 aliphatic carbocycles. The minimum atomic E-state index is -0.682. The van der Waals surface area contributed by atoms with Gasteiger partial charge < -0.3 is 5.11 Å². The molecule has 0 aromatic heterocycles. The predicted octanol–water partition coefficient (Wildman–Crippen LogP) is 2.36. The summed E-state index contributed by atoms with van der Waals surface area (Å²) in [7, 11) is 1.96. The summed E-state index contributed by atoms with van der Waals surface area (Å²) in [6.07, 6.45) is 5.48. The highest BCUT2D eigenvalue weighted by Gasteiger charge is 2.29. The highest BCUT2D eigenvalue weighted by atomic mass is 16.4. The third-order valence-electron chi connectivity index (χ3n) is 3.72. The first-order chi connectivity index (χ1) is 7.06. The average Bonchev–Trinajstić information content (AvgIpc) is 2.19. The normalized spacial score (nSPS) is 29.1. The number of carboxylic acid groups (broad SMARTS) is 1. The van der Waals surface area contributed by atoms with Gasteiger partial charge in [0.15, 0.2) is 0 Å². The van der Waals surface area contributed by atoms with Crippen LogP contribution in [0.3, 0.4) is 0 Å². The lowest BCUT2D eigenvalue weighted by atomic mass is 9.86. The molecule has 0 spiro atoms. The summed E-state index contributed by atoms with van der Waals surface area (Å²) in [4.78, 5) is 13.1. The Bertz CT molecular complexity index is 210. The number of aliphatic carboxylic acids is 1. The van der Waals surface area contributed by atoms with Crippen molar-refractivity contribution in [3.8, 4) is 0 Å². The molecule has 1 fully saturated rings. The zero-order valence-corrected chi connectivity index (χ0v) is 10.1. The SMILES string of the molecule is CCC(C(=O)O)N(C)C1CCC(C)CC1. The Balaban J connectivity index is 2.51. The molecule has 0 aliphatic heterocycles. The minimum absolute atomic E-state index is 0.302. The standard InChI is InChI=1S/C12H23NO2/c1-4-11(12(14)15)13(3)10-7-5-9(2)6-8-10/h9-11H,4-8H2,1-3H3,(H,14,15). The maximum absolute atomic E-state index is 11.0. The lowest BCUT2D eigenvalue weighted by Crippen LogP contribution is -2.45. The highest BCUT2D eigenvalue weighted by Crippen LogP contribution is 2.27. The zero-order chi connectivity index (χ0) is 11.4. The van der Waals surface area contributed by atoms with Gasteiger partial charge in [-0.25, -0.2) is 0 Å². The van der Waals surface area contributed by atoms with Gasteiger partial charge in [-0.3, -0.25) is 9.69 Å². The number of nitrogens with zero attached hydrogens (tertiary/aromatic N) is 1. The topological polar surface area (TPSA) is 40.5 Å². The van der Waals surface area contributed by atoms with Crippen molar-refractivity contribution in [2.45, 2.75) is 58.0 Å². The molecule has 1 unspecified atom stereocenters. The smallest absolute Gasteiger partial charge is 0.320 e. The summed E-state index contributed by atoms with van der Waals surface area (Å²) in [5.41, 5.74) is 0. The van der Waals surface area contributed by atoms with Crippen molar-refractivity contribution < 1.29 is 9.90 Å². The highest BCUT2D eigenvalue weighted by molar-refractivity contribution is 5.73. The van der Waals surface area contributed by atoms with Crippen molar-refractivity contribution in [2.24, 2.45) is 5.92 Å².